The summed E-state index contributed by atoms with van der Waals surface area (Å²) in [5.41, 5.74) is 5.19. The van der Waals surface area contributed by atoms with Crippen LogP contribution >= 0.6 is 15.9 Å². The molecule has 66 valence electrons. The van der Waals surface area contributed by atoms with E-state index in [-0.39, 0.29) is 12.2 Å². The minimum absolute atomic E-state index is 0.198. The van der Waals surface area contributed by atoms with Crippen molar-refractivity contribution in [3.63, 3.8) is 0 Å². The van der Waals surface area contributed by atoms with Crippen molar-refractivity contribution < 1.29 is 4.39 Å². The fourth-order valence-corrected chi connectivity index (χ4v) is 0.964. The van der Waals surface area contributed by atoms with Crippen molar-refractivity contribution in [1.82, 2.24) is 9.97 Å². The average Bonchev–Trinajstić information content (AvgIpc) is 2.06. The van der Waals surface area contributed by atoms with E-state index in [1.807, 2.05) is 0 Å². The monoisotopic (exact) mass is 233 g/mol. The smallest absolute Gasteiger partial charge is 0.162 e. The van der Waals surface area contributed by atoms with Crippen LogP contribution in [0, 0.1) is 0 Å². The van der Waals surface area contributed by atoms with Gasteiger partial charge in [0.1, 0.15) is 0 Å². The second-order valence-electron chi connectivity index (χ2n) is 2.30. The minimum atomic E-state index is -1.15. The summed E-state index contributed by atoms with van der Waals surface area (Å²) in [6, 6.07) is 0. The number of nitrogens with zero attached hydrogens (tertiary/aromatic N) is 2. The lowest BCUT2D eigenvalue weighted by atomic mass is 10.2. The third-order valence-electron chi connectivity index (χ3n) is 1.34. The van der Waals surface area contributed by atoms with Crippen molar-refractivity contribution in [3.05, 3.63) is 22.7 Å². The number of alkyl halides is 1. The Labute approximate surface area is 78.3 Å². The minimum Gasteiger partial charge on any atom is -0.330 e. The van der Waals surface area contributed by atoms with Crippen molar-refractivity contribution >= 4 is 15.9 Å². The maximum absolute atomic E-state index is 13.0. The van der Waals surface area contributed by atoms with Crippen LogP contribution in [0.5, 0.6) is 0 Å². The van der Waals surface area contributed by atoms with E-state index in [0.29, 0.717) is 6.54 Å². The number of hydrogen-bond acceptors (Lipinski definition) is 3. The quantitative estimate of drug-likeness (QED) is 0.864. The van der Waals surface area contributed by atoms with E-state index >= 15 is 0 Å². The summed E-state index contributed by atoms with van der Waals surface area (Å²) in [7, 11) is 0. The van der Waals surface area contributed by atoms with Crippen LogP contribution in [-0.4, -0.2) is 16.5 Å². The van der Waals surface area contributed by atoms with Crippen molar-refractivity contribution in [2.24, 2.45) is 5.73 Å². The first-order valence-corrected chi connectivity index (χ1v) is 4.35. The van der Waals surface area contributed by atoms with Crippen LogP contribution in [-0.2, 0) is 0 Å². The Hall–Kier alpha value is -0.550. The van der Waals surface area contributed by atoms with Gasteiger partial charge < -0.3 is 5.73 Å². The van der Waals surface area contributed by atoms with Crippen LogP contribution < -0.4 is 5.73 Å². The summed E-state index contributed by atoms with van der Waals surface area (Å²) in [5, 5.41) is 0. The number of hydrogen-bond donors (Lipinski definition) is 1. The molecule has 12 heavy (non-hydrogen) atoms. The van der Waals surface area contributed by atoms with Crippen molar-refractivity contribution in [1.29, 1.82) is 0 Å². The molecule has 1 unspecified atom stereocenters. The zero-order chi connectivity index (χ0) is 8.97. The predicted octanol–water partition coefficient (Wildman–Crippen LogP) is 1.60. The summed E-state index contributed by atoms with van der Waals surface area (Å²) < 4.78 is 13.8. The van der Waals surface area contributed by atoms with Gasteiger partial charge in [0.2, 0.25) is 0 Å². The molecule has 5 heteroatoms. The first kappa shape index (κ1) is 9.54. The van der Waals surface area contributed by atoms with Crippen LogP contribution in [0.3, 0.4) is 0 Å². The normalized spacial score (nSPS) is 12.9. The Morgan fingerprint density at radius 1 is 1.50 bits per heavy atom. The van der Waals surface area contributed by atoms with E-state index in [1.165, 1.54) is 12.4 Å². The molecule has 0 bridgehead atoms. The Balaban J connectivity index is 2.68. The zero-order valence-electron chi connectivity index (χ0n) is 6.37. The first-order chi connectivity index (χ1) is 5.74. The van der Waals surface area contributed by atoms with Gasteiger partial charge in [-0.2, -0.15) is 0 Å². The van der Waals surface area contributed by atoms with Crippen molar-refractivity contribution in [2.45, 2.75) is 12.6 Å². The largest absolute Gasteiger partial charge is 0.330 e. The lowest BCUT2D eigenvalue weighted by Gasteiger charge is -2.03. The summed E-state index contributed by atoms with van der Waals surface area (Å²) >= 11 is 3.16. The third-order valence-corrected chi connectivity index (χ3v) is 1.75. The number of halogens is 2. The molecule has 1 heterocycles. The molecule has 1 rings (SSSR count). The van der Waals surface area contributed by atoms with Gasteiger partial charge in [-0.3, -0.25) is 0 Å². The van der Waals surface area contributed by atoms with E-state index in [2.05, 4.69) is 25.9 Å². The van der Waals surface area contributed by atoms with Gasteiger partial charge in [0.25, 0.3) is 0 Å². The first-order valence-electron chi connectivity index (χ1n) is 3.55. The van der Waals surface area contributed by atoms with Crippen LogP contribution in [0.25, 0.3) is 0 Å². The highest BCUT2D eigenvalue weighted by Gasteiger charge is 2.10. The van der Waals surface area contributed by atoms with Crippen molar-refractivity contribution in [2.75, 3.05) is 6.54 Å². The van der Waals surface area contributed by atoms with E-state index in [0.717, 1.165) is 4.47 Å². The Morgan fingerprint density at radius 3 is 2.58 bits per heavy atom. The molecule has 2 N–H and O–H groups in total. The summed E-state index contributed by atoms with van der Waals surface area (Å²) in [4.78, 5) is 7.62. The van der Waals surface area contributed by atoms with Crippen molar-refractivity contribution in [3.8, 4) is 0 Å². The maximum Gasteiger partial charge on any atom is 0.162 e. The van der Waals surface area contributed by atoms with Crippen LogP contribution in [0.1, 0.15) is 18.4 Å². The molecule has 0 spiro atoms. The summed E-state index contributed by atoms with van der Waals surface area (Å²) in [5.74, 6) is 0.198. The molecule has 0 amide bonds. The van der Waals surface area contributed by atoms with Gasteiger partial charge in [-0.25, -0.2) is 14.4 Å². The maximum atomic E-state index is 13.0. The summed E-state index contributed by atoms with van der Waals surface area (Å²) in [6.07, 6.45) is 2.15. The second kappa shape index (κ2) is 4.47. The molecule has 1 aromatic rings. The Morgan fingerprint density at radius 2 is 2.08 bits per heavy atom. The lowest BCUT2D eigenvalue weighted by molar-refractivity contribution is 0.311. The van der Waals surface area contributed by atoms with Gasteiger partial charge in [-0.15, -0.1) is 0 Å². The highest BCUT2D eigenvalue weighted by molar-refractivity contribution is 9.10. The molecule has 0 radical (unpaired) electrons. The molecule has 0 aliphatic carbocycles. The number of rotatable bonds is 3. The highest BCUT2D eigenvalue weighted by Crippen LogP contribution is 2.16. The van der Waals surface area contributed by atoms with E-state index in [1.54, 1.807) is 0 Å². The molecule has 0 saturated carbocycles. The molecule has 0 fully saturated rings. The average molecular weight is 234 g/mol. The predicted molar refractivity (Wildman–Crippen MR) is 47.3 cm³/mol. The molecule has 0 aliphatic heterocycles. The Kier molecular flexibility index (Phi) is 3.55. The van der Waals surface area contributed by atoms with Crippen LogP contribution in [0.2, 0.25) is 0 Å². The molecule has 1 atom stereocenters. The number of nitrogens with two attached hydrogens (primary N) is 1. The Bertz CT molecular complexity index is 239. The van der Waals surface area contributed by atoms with Gasteiger partial charge in [-0.05, 0) is 28.9 Å². The fraction of sp³-hybridized carbons (Fsp3) is 0.429. The lowest BCUT2D eigenvalue weighted by Crippen LogP contribution is -2.06. The fourth-order valence-electron chi connectivity index (χ4n) is 0.759. The molecule has 0 saturated heterocycles. The highest BCUT2D eigenvalue weighted by atomic mass is 79.9. The molecule has 1 aromatic heterocycles. The molecule has 0 aromatic carbocycles. The third kappa shape index (κ3) is 2.49. The van der Waals surface area contributed by atoms with Gasteiger partial charge >= 0.3 is 0 Å². The zero-order valence-corrected chi connectivity index (χ0v) is 7.96. The number of aromatic nitrogens is 2. The van der Waals surface area contributed by atoms with Gasteiger partial charge in [0.15, 0.2) is 12.0 Å². The SMILES string of the molecule is NCCC(F)c1ncc(Br)cn1. The molecular formula is C7H9BrFN3. The van der Waals surface area contributed by atoms with E-state index in [4.69, 9.17) is 5.73 Å². The van der Waals surface area contributed by atoms with Gasteiger partial charge in [0.05, 0.1) is 4.47 Å². The van der Waals surface area contributed by atoms with E-state index in [9.17, 15) is 4.39 Å². The van der Waals surface area contributed by atoms with Gasteiger partial charge in [-0.1, -0.05) is 0 Å². The topological polar surface area (TPSA) is 51.8 Å². The molecule has 3 nitrogen and oxygen atoms in total. The van der Waals surface area contributed by atoms with Gasteiger partial charge in [0, 0.05) is 12.4 Å². The molecular weight excluding hydrogens is 225 g/mol. The van der Waals surface area contributed by atoms with E-state index < -0.39 is 6.17 Å². The standard InChI is InChI=1S/C7H9BrFN3/c8-5-3-11-7(12-4-5)6(9)1-2-10/h3-4,6H,1-2,10H2. The van der Waals surface area contributed by atoms with Crippen LogP contribution in [0.15, 0.2) is 16.9 Å². The second-order valence-corrected chi connectivity index (χ2v) is 3.22. The van der Waals surface area contributed by atoms with Crippen LogP contribution in [0.4, 0.5) is 4.39 Å². The summed E-state index contributed by atoms with van der Waals surface area (Å²) in [6.45, 7) is 0.306. The molecule has 0 aliphatic rings.